The van der Waals surface area contributed by atoms with Crippen molar-refractivity contribution in [3.8, 4) is 5.88 Å². The Labute approximate surface area is 158 Å². The van der Waals surface area contributed by atoms with Crippen molar-refractivity contribution in [2.75, 3.05) is 7.11 Å². The molecule has 2 atom stereocenters. The topological polar surface area (TPSA) is 71.9 Å². The molecule has 6 nitrogen and oxygen atoms in total. The Kier molecular flexibility index (Phi) is 4.74. The van der Waals surface area contributed by atoms with E-state index in [9.17, 15) is 9.90 Å². The van der Waals surface area contributed by atoms with Crippen LogP contribution in [0.5, 0.6) is 5.88 Å². The monoisotopic (exact) mass is 368 g/mol. The van der Waals surface area contributed by atoms with Crippen LogP contribution in [0.25, 0.3) is 0 Å². The molecule has 0 spiro atoms. The fourth-order valence-electron chi connectivity index (χ4n) is 4.33. The van der Waals surface area contributed by atoms with E-state index in [1.807, 2.05) is 41.3 Å². The number of nitrogens with zero attached hydrogens (tertiary/aromatic N) is 2. The number of carbonyl (C=O) groups is 1. The Balaban J connectivity index is 1.44. The Morgan fingerprint density at radius 2 is 1.89 bits per heavy atom. The van der Waals surface area contributed by atoms with Crippen LogP contribution in [-0.4, -0.2) is 40.3 Å². The number of piperidine rings is 1. The Hall–Kier alpha value is -2.60. The van der Waals surface area contributed by atoms with E-state index in [2.05, 4.69) is 4.98 Å². The first kappa shape index (κ1) is 17.8. The van der Waals surface area contributed by atoms with Gasteiger partial charge < -0.3 is 19.5 Å². The number of hydrogen-bond acceptors (Lipinski definition) is 5. The number of fused-ring (bicyclic) bond motifs is 2. The summed E-state index contributed by atoms with van der Waals surface area (Å²) in [5.41, 5.74) is 0.773. The Morgan fingerprint density at radius 3 is 2.48 bits per heavy atom. The molecule has 27 heavy (non-hydrogen) atoms. The number of ether oxygens (including phenoxy) is 2. The van der Waals surface area contributed by atoms with Crippen LogP contribution >= 0.6 is 0 Å². The predicted molar refractivity (Wildman–Crippen MR) is 99.2 cm³/mol. The van der Waals surface area contributed by atoms with Gasteiger partial charge in [-0.25, -0.2) is 9.78 Å². The van der Waals surface area contributed by atoms with Gasteiger partial charge >= 0.3 is 6.09 Å². The van der Waals surface area contributed by atoms with Crippen LogP contribution in [-0.2, 0) is 16.9 Å². The molecule has 3 heterocycles. The molecule has 4 rings (SSSR count). The lowest BCUT2D eigenvalue weighted by molar-refractivity contribution is -0.0539. The van der Waals surface area contributed by atoms with Crippen molar-refractivity contribution >= 4 is 6.09 Å². The van der Waals surface area contributed by atoms with Crippen LogP contribution in [0, 0.1) is 0 Å². The van der Waals surface area contributed by atoms with E-state index >= 15 is 0 Å². The maximum absolute atomic E-state index is 12.7. The lowest BCUT2D eigenvalue weighted by Gasteiger charge is -2.43. The highest BCUT2D eigenvalue weighted by atomic mass is 16.6. The number of benzene rings is 1. The fraction of sp³-hybridized carbons (Fsp3) is 0.429. The maximum atomic E-state index is 12.7. The van der Waals surface area contributed by atoms with E-state index in [1.54, 1.807) is 19.4 Å². The van der Waals surface area contributed by atoms with Crippen molar-refractivity contribution in [1.82, 2.24) is 9.88 Å². The van der Waals surface area contributed by atoms with Gasteiger partial charge in [-0.2, -0.15) is 0 Å². The van der Waals surface area contributed by atoms with E-state index in [4.69, 9.17) is 9.47 Å². The average Bonchev–Trinajstić information content (AvgIpc) is 2.99. The zero-order valence-corrected chi connectivity index (χ0v) is 15.4. The van der Waals surface area contributed by atoms with Gasteiger partial charge in [-0.1, -0.05) is 30.3 Å². The number of pyridine rings is 1. The van der Waals surface area contributed by atoms with Crippen LogP contribution in [0.4, 0.5) is 4.79 Å². The van der Waals surface area contributed by atoms with Crippen LogP contribution in [0.15, 0.2) is 48.7 Å². The van der Waals surface area contributed by atoms with Gasteiger partial charge in [-0.15, -0.1) is 0 Å². The first-order chi connectivity index (χ1) is 13.1. The van der Waals surface area contributed by atoms with Crippen LogP contribution in [0.3, 0.4) is 0 Å². The van der Waals surface area contributed by atoms with E-state index in [0.717, 1.165) is 24.0 Å². The molecule has 1 amide bonds. The highest BCUT2D eigenvalue weighted by Gasteiger charge is 2.50. The first-order valence-corrected chi connectivity index (χ1v) is 9.31. The normalized spacial score (nSPS) is 26.7. The number of rotatable bonds is 4. The zero-order chi connectivity index (χ0) is 18.9. The second-order valence-corrected chi connectivity index (χ2v) is 7.36. The minimum absolute atomic E-state index is 0.0147. The molecule has 1 aromatic heterocycles. The molecule has 2 aliphatic rings. The maximum Gasteiger partial charge on any atom is 0.410 e. The number of aromatic nitrogens is 1. The summed E-state index contributed by atoms with van der Waals surface area (Å²) >= 11 is 0. The van der Waals surface area contributed by atoms with Crippen molar-refractivity contribution in [3.05, 3.63) is 59.8 Å². The second-order valence-electron chi connectivity index (χ2n) is 7.36. The number of methoxy groups -OCH3 is 1. The molecule has 2 fully saturated rings. The molecule has 1 aromatic carbocycles. The molecule has 0 saturated carbocycles. The summed E-state index contributed by atoms with van der Waals surface area (Å²) in [5.74, 6) is 0.521. The van der Waals surface area contributed by atoms with Gasteiger partial charge in [-0.05, 0) is 24.5 Å². The SMILES string of the molecule is COc1ccc(C2(O)CC3CCC(C2)N3C(=O)OCc2ccccc2)cn1. The molecule has 1 N–H and O–H groups in total. The largest absolute Gasteiger partial charge is 0.481 e. The molecule has 2 aromatic rings. The number of hydrogen-bond donors (Lipinski definition) is 1. The number of aliphatic hydroxyl groups is 1. The highest BCUT2D eigenvalue weighted by molar-refractivity contribution is 5.69. The Bertz CT molecular complexity index is 780. The van der Waals surface area contributed by atoms with Crippen molar-refractivity contribution in [2.24, 2.45) is 0 Å². The summed E-state index contributed by atoms with van der Waals surface area (Å²) < 4.78 is 10.6. The third-order valence-corrected chi connectivity index (χ3v) is 5.67. The summed E-state index contributed by atoms with van der Waals surface area (Å²) in [7, 11) is 1.57. The highest BCUT2D eigenvalue weighted by Crippen LogP contribution is 2.46. The van der Waals surface area contributed by atoms with Gasteiger partial charge in [0.2, 0.25) is 5.88 Å². The molecule has 2 saturated heterocycles. The lowest BCUT2D eigenvalue weighted by atomic mass is 9.81. The summed E-state index contributed by atoms with van der Waals surface area (Å²) in [5, 5.41) is 11.2. The van der Waals surface area contributed by atoms with Crippen LogP contribution < -0.4 is 4.74 Å². The van der Waals surface area contributed by atoms with Crippen molar-refractivity contribution in [1.29, 1.82) is 0 Å². The van der Waals surface area contributed by atoms with Crippen LogP contribution in [0.1, 0.15) is 36.8 Å². The first-order valence-electron chi connectivity index (χ1n) is 9.31. The summed E-state index contributed by atoms with van der Waals surface area (Å²) in [4.78, 5) is 18.7. The molecule has 2 bridgehead atoms. The predicted octanol–water partition coefficient (Wildman–Crippen LogP) is 3.24. The van der Waals surface area contributed by atoms with E-state index < -0.39 is 5.60 Å². The van der Waals surface area contributed by atoms with Gasteiger partial charge in [-0.3, -0.25) is 0 Å². The van der Waals surface area contributed by atoms with Gasteiger partial charge in [0, 0.05) is 42.8 Å². The molecular formula is C21H24N2O4. The Morgan fingerprint density at radius 1 is 1.19 bits per heavy atom. The van der Waals surface area contributed by atoms with Gasteiger partial charge in [0.25, 0.3) is 0 Å². The fourth-order valence-corrected chi connectivity index (χ4v) is 4.33. The van der Waals surface area contributed by atoms with Gasteiger partial charge in [0.15, 0.2) is 0 Å². The average molecular weight is 368 g/mol. The molecule has 0 radical (unpaired) electrons. The molecule has 0 aliphatic carbocycles. The van der Waals surface area contributed by atoms with Crippen molar-refractivity contribution < 1.29 is 19.4 Å². The third-order valence-electron chi connectivity index (χ3n) is 5.67. The van der Waals surface area contributed by atoms with Crippen LogP contribution in [0.2, 0.25) is 0 Å². The lowest BCUT2D eigenvalue weighted by Crippen LogP contribution is -2.52. The summed E-state index contributed by atoms with van der Waals surface area (Å²) in [6.07, 6.45) is 4.15. The second kappa shape index (κ2) is 7.19. The van der Waals surface area contributed by atoms with E-state index in [1.165, 1.54) is 0 Å². The van der Waals surface area contributed by atoms with Crippen molar-refractivity contribution in [2.45, 2.75) is 50.0 Å². The minimum Gasteiger partial charge on any atom is -0.481 e. The van der Waals surface area contributed by atoms with E-state index in [-0.39, 0.29) is 24.8 Å². The molecule has 6 heteroatoms. The van der Waals surface area contributed by atoms with Crippen molar-refractivity contribution in [3.63, 3.8) is 0 Å². The minimum atomic E-state index is -0.971. The smallest absolute Gasteiger partial charge is 0.410 e. The quantitative estimate of drug-likeness (QED) is 0.897. The molecule has 2 aliphatic heterocycles. The van der Waals surface area contributed by atoms with Gasteiger partial charge in [0.1, 0.15) is 6.61 Å². The summed E-state index contributed by atoms with van der Waals surface area (Å²) in [6, 6.07) is 13.3. The summed E-state index contributed by atoms with van der Waals surface area (Å²) in [6.45, 7) is 0.266. The molecule has 2 unspecified atom stereocenters. The van der Waals surface area contributed by atoms with Gasteiger partial charge in [0.05, 0.1) is 12.7 Å². The van der Waals surface area contributed by atoms with E-state index in [0.29, 0.717) is 18.7 Å². The standard InChI is InChI=1S/C21H24N2O4/c1-26-19-10-7-16(13-22-19)21(25)11-17-8-9-18(12-21)23(17)20(24)27-14-15-5-3-2-4-6-15/h2-7,10,13,17-18,25H,8-9,11-12,14H2,1H3. The molecular weight excluding hydrogens is 344 g/mol. The zero-order valence-electron chi connectivity index (χ0n) is 15.4. The molecule has 142 valence electrons. The number of amides is 1. The number of carbonyl (C=O) groups excluding carboxylic acids is 1. The third kappa shape index (κ3) is 3.49.